The molecular formula is C15H17N3O3. The molecule has 1 atom stereocenters. The number of benzene rings is 1. The second-order valence-corrected chi connectivity index (χ2v) is 5.41. The van der Waals surface area contributed by atoms with Crippen LogP contribution < -0.4 is 0 Å². The molecule has 6 nitrogen and oxygen atoms in total. The molecule has 3 rings (SSSR count). The minimum Gasteiger partial charge on any atom is -0.480 e. The maximum absolute atomic E-state index is 12.5. The molecule has 1 aliphatic carbocycles. The zero-order valence-corrected chi connectivity index (χ0v) is 11.8. The molecule has 1 aliphatic rings. The fourth-order valence-electron chi connectivity index (χ4n) is 2.57. The molecule has 21 heavy (non-hydrogen) atoms. The van der Waals surface area contributed by atoms with Crippen LogP contribution in [0, 0.1) is 0 Å². The monoisotopic (exact) mass is 287 g/mol. The Morgan fingerprint density at radius 2 is 2.14 bits per heavy atom. The first-order chi connectivity index (χ1) is 10.1. The Labute approximate surface area is 122 Å². The second kappa shape index (κ2) is 5.20. The van der Waals surface area contributed by atoms with E-state index in [0.717, 1.165) is 23.9 Å². The SMILES string of the molecule is CC(C(=O)O)N(C(=O)Cn1cnc2ccccc21)C1CC1. The van der Waals surface area contributed by atoms with Crippen molar-refractivity contribution in [2.75, 3.05) is 0 Å². The first-order valence-corrected chi connectivity index (χ1v) is 7.02. The molecule has 110 valence electrons. The molecule has 1 unspecified atom stereocenters. The van der Waals surface area contributed by atoms with E-state index in [9.17, 15) is 9.59 Å². The van der Waals surface area contributed by atoms with Crippen molar-refractivity contribution in [1.82, 2.24) is 14.5 Å². The predicted octanol–water partition coefficient (Wildman–Crippen LogP) is 1.50. The van der Waals surface area contributed by atoms with E-state index < -0.39 is 12.0 Å². The quantitative estimate of drug-likeness (QED) is 0.904. The summed E-state index contributed by atoms with van der Waals surface area (Å²) < 4.78 is 1.77. The zero-order valence-electron chi connectivity index (χ0n) is 11.8. The molecule has 2 aromatic rings. The van der Waals surface area contributed by atoms with Crippen molar-refractivity contribution in [2.45, 2.75) is 38.4 Å². The van der Waals surface area contributed by atoms with Gasteiger partial charge in [0.1, 0.15) is 12.6 Å². The number of hydrogen-bond donors (Lipinski definition) is 1. The number of aromatic nitrogens is 2. The Bertz CT molecular complexity index is 690. The van der Waals surface area contributed by atoms with Gasteiger partial charge in [-0.3, -0.25) is 4.79 Å². The molecule has 1 aromatic heterocycles. The van der Waals surface area contributed by atoms with Crippen LogP contribution in [0.4, 0.5) is 0 Å². The van der Waals surface area contributed by atoms with Crippen molar-refractivity contribution in [3.05, 3.63) is 30.6 Å². The van der Waals surface area contributed by atoms with Gasteiger partial charge in [0.25, 0.3) is 0 Å². The lowest BCUT2D eigenvalue weighted by Crippen LogP contribution is -2.46. The molecule has 0 aliphatic heterocycles. The number of aliphatic carboxylic acids is 1. The van der Waals surface area contributed by atoms with Gasteiger partial charge >= 0.3 is 5.97 Å². The standard InChI is InChI=1S/C15H17N3O3/c1-10(15(20)21)18(11-6-7-11)14(19)8-17-9-16-12-4-2-3-5-13(12)17/h2-5,9-11H,6-8H2,1H3,(H,20,21). The third-order valence-electron chi connectivity index (χ3n) is 3.84. The third kappa shape index (κ3) is 2.61. The van der Waals surface area contributed by atoms with Crippen LogP contribution in [0.3, 0.4) is 0 Å². The minimum absolute atomic E-state index is 0.0679. The van der Waals surface area contributed by atoms with E-state index in [1.165, 1.54) is 4.90 Å². The van der Waals surface area contributed by atoms with Gasteiger partial charge in [-0.1, -0.05) is 12.1 Å². The second-order valence-electron chi connectivity index (χ2n) is 5.41. The lowest BCUT2D eigenvalue weighted by molar-refractivity contribution is -0.150. The molecule has 0 saturated heterocycles. The van der Waals surface area contributed by atoms with Crippen LogP contribution in [0.15, 0.2) is 30.6 Å². The summed E-state index contributed by atoms with van der Waals surface area (Å²) in [4.78, 5) is 29.4. The number of fused-ring (bicyclic) bond motifs is 1. The highest BCUT2D eigenvalue weighted by Gasteiger charge is 2.38. The average Bonchev–Trinajstić information content (AvgIpc) is 3.21. The first-order valence-electron chi connectivity index (χ1n) is 7.02. The smallest absolute Gasteiger partial charge is 0.326 e. The number of hydrogen-bond acceptors (Lipinski definition) is 3. The summed E-state index contributed by atoms with van der Waals surface area (Å²) in [6.45, 7) is 1.68. The highest BCUT2D eigenvalue weighted by Crippen LogP contribution is 2.29. The Kier molecular flexibility index (Phi) is 3.37. The summed E-state index contributed by atoms with van der Waals surface area (Å²) in [6, 6.07) is 6.85. The highest BCUT2D eigenvalue weighted by molar-refractivity contribution is 5.85. The molecule has 1 amide bonds. The molecule has 6 heteroatoms. The number of amides is 1. The summed E-state index contributed by atoms with van der Waals surface area (Å²) in [5.41, 5.74) is 1.71. The van der Waals surface area contributed by atoms with Crippen LogP contribution in [0.25, 0.3) is 11.0 Å². The summed E-state index contributed by atoms with van der Waals surface area (Å²) >= 11 is 0. The van der Waals surface area contributed by atoms with E-state index in [-0.39, 0.29) is 18.5 Å². The fourth-order valence-corrected chi connectivity index (χ4v) is 2.57. The predicted molar refractivity (Wildman–Crippen MR) is 76.7 cm³/mol. The first kappa shape index (κ1) is 13.6. The van der Waals surface area contributed by atoms with Crippen molar-refractivity contribution in [3.8, 4) is 0 Å². The summed E-state index contributed by atoms with van der Waals surface area (Å²) in [5.74, 6) is -1.14. The molecule has 1 fully saturated rings. The van der Waals surface area contributed by atoms with Crippen LogP contribution in [-0.2, 0) is 16.1 Å². The highest BCUT2D eigenvalue weighted by atomic mass is 16.4. The number of carboxylic acids is 1. The summed E-state index contributed by atoms with van der Waals surface area (Å²) in [7, 11) is 0. The van der Waals surface area contributed by atoms with Gasteiger partial charge in [-0.25, -0.2) is 9.78 Å². The summed E-state index contributed by atoms with van der Waals surface area (Å²) in [5, 5.41) is 9.16. The van der Waals surface area contributed by atoms with Gasteiger partial charge in [-0.05, 0) is 31.9 Å². The van der Waals surface area contributed by atoms with E-state index in [0.29, 0.717) is 0 Å². The molecule has 1 aromatic carbocycles. The number of imidazole rings is 1. The lowest BCUT2D eigenvalue weighted by atomic mass is 10.2. The lowest BCUT2D eigenvalue weighted by Gasteiger charge is -2.26. The average molecular weight is 287 g/mol. The maximum Gasteiger partial charge on any atom is 0.326 e. The Balaban J connectivity index is 1.82. The van der Waals surface area contributed by atoms with Crippen molar-refractivity contribution >= 4 is 22.9 Å². The summed E-state index contributed by atoms with van der Waals surface area (Å²) in [6.07, 6.45) is 3.39. The van der Waals surface area contributed by atoms with Crippen LogP contribution in [0.2, 0.25) is 0 Å². The van der Waals surface area contributed by atoms with Crippen LogP contribution in [-0.4, -0.2) is 43.5 Å². The van der Waals surface area contributed by atoms with Crippen LogP contribution in [0.5, 0.6) is 0 Å². The van der Waals surface area contributed by atoms with Gasteiger partial charge in [-0.15, -0.1) is 0 Å². The van der Waals surface area contributed by atoms with Gasteiger partial charge in [0.2, 0.25) is 5.91 Å². The molecule has 1 heterocycles. The van der Waals surface area contributed by atoms with Gasteiger partial charge in [0, 0.05) is 6.04 Å². The zero-order chi connectivity index (χ0) is 15.0. The van der Waals surface area contributed by atoms with Crippen molar-refractivity contribution in [3.63, 3.8) is 0 Å². The van der Waals surface area contributed by atoms with Crippen molar-refractivity contribution < 1.29 is 14.7 Å². The van der Waals surface area contributed by atoms with E-state index in [2.05, 4.69) is 4.98 Å². The minimum atomic E-state index is -0.967. The van der Waals surface area contributed by atoms with Crippen LogP contribution in [0.1, 0.15) is 19.8 Å². The molecule has 1 N–H and O–H groups in total. The van der Waals surface area contributed by atoms with Gasteiger partial charge < -0.3 is 14.6 Å². The van der Waals surface area contributed by atoms with E-state index in [4.69, 9.17) is 5.11 Å². The Morgan fingerprint density at radius 1 is 1.43 bits per heavy atom. The number of carboxylic acid groups (broad SMARTS) is 1. The molecule has 0 radical (unpaired) electrons. The largest absolute Gasteiger partial charge is 0.480 e. The van der Waals surface area contributed by atoms with Gasteiger partial charge in [0.15, 0.2) is 0 Å². The maximum atomic E-state index is 12.5. The van der Waals surface area contributed by atoms with Gasteiger partial charge in [-0.2, -0.15) is 0 Å². The molecule has 1 saturated carbocycles. The van der Waals surface area contributed by atoms with Crippen LogP contribution >= 0.6 is 0 Å². The molecule has 0 spiro atoms. The van der Waals surface area contributed by atoms with E-state index in [1.807, 2.05) is 24.3 Å². The molecular weight excluding hydrogens is 270 g/mol. The van der Waals surface area contributed by atoms with E-state index in [1.54, 1.807) is 17.8 Å². The fraction of sp³-hybridized carbons (Fsp3) is 0.400. The number of carbonyl (C=O) groups excluding carboxylic acids is 1. The van der Waals surface area contributed by atoms with Crippen molar-refractivity contribution in [1.29, 1.82) is 0 Å². The number of rotatable bonds is 5. The van der Waals surface area contributed by atoms with Gasteiger partial charge in [0.05, 0.1) is 17.4 Å². The topological polar surface area (TPSA) is 75.4 Å². The number of carbonyl (C=O) groups is 2. The molecule has 0 bridgehead atoms. The third-order valence-corrected chi connectivity index (χ3v) is 3.84. The van der Waals surface area contributed by atoms with Crippen molar-refractivity contribution in [2.24, 2.45) is 0 Å². The number of para-hydroxylation sites is 2. The Morgan fingerprint density at radius 3 is 2.81 bits per heavy atom. The van der Waals surface area contributed by atoms with E-state index >= 15 is 0 Å². The Hall–Kier alpha value is -2.37. The number of nitrogens with zero attached hydrogens (tertiary/aromatic N) is 3. The normalized spacial score (nSPS) is 15.9.